The highest BCUT2D eigenvalue weighted by molar-refractivity contribution is 7.23. The molecule has 178 valence electrons. The van der Waals surface area contributed by atoms with E-state index in [0.29, 0.717) is 46.9 Å². The van der Waals surface area contributed by atoms with E-state index in [0.717, 1.165) is 29.9 Å². The van der Waals surface area contributed by atoms with Crippen molar-refractivity contribution < 1.29 is 19.0 Å². The SMILES string of the molecule is COc1ccc(Cl)c2sc(N(CCN3CCOCC3)C(=O)COc3ccccc3C)nc12.Cl. The molecule has 1 amide bonds. The van der Waals surface area contributed by atoms with E-state index < -0.39 is 0 Å². The number of aryl methyl sites for hydroxylation is 1. The first-order chi connectivity index (χ1) is 15.6. The number of methoxy groups -OCH3 is 1. The molecule has 0 bridgehead atoms. The Morgan fingerprint density at radius 3 is 2.70 bits per heavy atom. The lowest BCUT2D eigenvalue weighted by Crippen LogP contribution is -2.44. The van der Waals surface area contributed by atoms with Crippen LogP contribution in [0.25, 0.3) is 10.2 Å². The smallest absolute Gasteiger partial charge is 0.266 e. The van der Waals surface area contributed by atoms with Crippen LogP contribution >= 0.6 is 35.3 Å². The zero-order valence-electron chi connectivity index (χ0n) is 18.6. The maximum absolute atomic E-state index is 13.3. The van der Waals surface area contributed by atoms with Crippen molar-refractivity contribution in [1.82, 2.24) is 9.88 Å². The first-order valence-electron chi connectivity index (χ1n) is 10.5. The lowest BCUT2D eigenvalue weighted by Gasteiger charge is -2.29. The topological polar surface area (TPSA) is 64.1 Å². The van der Waals surface area contributed by atoms with Crippen LogP contribution in [-0.4, -0.2) is 68.9 Å². The standard InChI is InChI=1S/C23H26ClN3O4S.ClH/c1-16-5-3-4-6-18(16)31-15-20(28)27(10-9-26-11-13-30-14-12-26)23-25-21-19(29-2)8-7-17(24)22(21)32-23;/h3-8H,9-15H2,1-2H3;1H. The Hall–Kier alpha value is -2.10. The molecule has 7 nitrogen and oxygen atoms in total. The van der Waals surface area contributed by atoms with Gasteiger partial charge in [0.2, 0.25) is 0 Å². The van der Waals surface area contributed by atoms with Crippen LogP contribution in [0.5, 0.6) is 11.5 Å². The summed E-state index contributed by atoms with van der Waals surface area (Å²) in [5.74, 6) is 1.17. The van der Waals surface area contributed by atoms with Gasteiger partial charge in [0.05, 0.1) is 30.0 Å². The van der Waals surface area contributed by atoms with Gasteiger partial charge >= 0.3 is 0 Å². The summed E-state index contributed by atoms with van der Waals surface area (Å²) < 4.78 is 17.5. The minimum Gasteiger partial charge on any atom is -0.494 e. The molecule has 0 unspecified atom stereocenters. The number of carbonyl (C=O) groups is 1. The number of hydrogen-bond acceptors (Lipinski definition) is 7. The zero-order chi connectivity index (χ0) is 22.5. The number of nitrogens with zero attached hydrogens (tertiary/aromatic N) is 3. The monoisotopic (exact) mass is 511 g/mol. The highest BCUT2D eigenvalue weighted by Crippen LogP contribution is 2.38. The molecular weight excluding hydrogens is 485 g/mol. The molecule has 0 atom stereocenters. The fraction of sp³-hybridized carbons (Fsp3) is 0.391. The second-order valence-corrected chi connectivity index (χ2v) is 8.86. The van der Waals surface area contributed by atoms with Crippen molar-refractivity contribution in [2.24, 2.45) is 0 Å². The van der Waals surface area contributed by atoms with Crippen LogP contribution in [0.2, 0.25) is 5.02 Å². The number of halogens is 2. The van der Waals surface area contributed by atoms with E-state index in [4.69, 9.17) is 30.8 Å². The third kappa shape index (κ3) is 6.07. The Morgan fingerprint density at radius 2 is 1.97 bits per heavy atom. The van der Waals surface area contributed by atoms with Gasteiger partial charge in [0.25, 0.3) is 5.91 Å². The Balaban J connectivity index is 0.00000306. The van der Waals surface area contributed by atoms with Crippen molar-refractivity contribution in [3.05, 3.63) is 47.0 Å². The molecule has 1 saturated heterocycles. The van der Waals surface area contributed by atoms with Crippen molar-refractivity contribution in [2.75, 3.05) is 58.0 Å². The number of para-hydroxylation sites is 1. The predicted octanol–water partition coefficient (Wildman–Crippen LogP) is 4.43. The lowest BCUT2D eigenvalue weighted by atomic mass is 10.2. The minimum atomic E-state index is -0.157. The Morgan fingerprint density at radius 1 is 1.21 bits per heavy atom. The second-order valence-electron chi connectivity index (χ2n) is 7.48. The molecular formula is C23H27Cl2N3O4S. The molecule has 0 aliphatic carbocycles. The summed E-state index contributed by atoms with van der Waals surface area (Å²) in [6.07, 6.45) is 0. The molecule has 1 aliphatic rings. The summed E-state index contributed by atoms with van der Waals surface area (Å²) >= 11 is 7.79. The van der Waals surface area contributed by atoms with Gasteiger partial charge < -0.3 is 14.2 Å². The molecule has 1 fully saturated rings. The molecule has 1 aromatic heterocycles. The van der Waals surface area contributed by atoms with Gasteiger partial charge in [-0.2, -0.15) is 0 Å². The van der Waals surface area contributed by atoms with E-state index in [-0.39, 0.29) is 24.9 Å². The van der Waals surface area contributed by atoms with Crippen LogP contribution in [-0.2, 0) is 9.53 Å². The van der Waals surface area contributed by atoms with Crippen LogP contribution in [0.1, 0.15) is 5.56 Å². The number of benzene rings is 2. The summed E-state index contributed by atoms with van der Waals surface area (Å²) in [7, 11) is 1.60. The summed E-state index contributed by atoms with van der Waals surface area (Å²) in [6, 6.07) is 11.2. The molecule has 2 aromatic carbocycles. The van der Waals surface area contributed by atoms with Crippen molar-refractivity contribution in [3.63, 3.8) is 0 Å². The zero-order valence-corrected chi connectivity index (χ0v) is 21.0. The predicted molar refractivity (Wildman–Crippen MR) is 135 cm³/mol. The van der Waals surface area contributed by atoms with Crippen LogP contribution < -0.4 is 14.4 Å². The first-order valence-corrected chi connectivity index (χ1v) is 11.7. The molecule has 33 heavy (non-hydrogen) atoms. The summed E-state index contributed by atoms with van der Waals surface area (Å²) in [6.45, 7) is 6.21. The number of rotatable bonds is 8. The highest BCUT2D eigenvalue weighted by atomic mass is 35.5. The maximum Gasteiger partial charge on any atom is 0.266 e. The van der Waals surface area contributed by atoms with Gasteiger partial charge in [-0.1, -0.05) is 41.1 Å². The van der Waals surface area contributed by atoms with Gasteiger partial charge in [0.15, 0.2) is 11.7 Å². The Bertz CT molecular complexity index is 1090. The van der Waals surface area contributed by atoms with E-state index in [1.165, 1.54) is 11.3 Å². The number of fused-ring (bicyclic) bond motifs is 1. The van der Waals surface area contributed by atoms with E-state index >= 15 is 0 Å². The lowest BCUT2D eigenvalue weighted by molar-refractivity contribution is -0.120. The third-order valence-electron chi connectivity index (χ3n) is 5.39. The molecule has 4 rings (SSSR count). The van der Waals surface area contributed by atoms with Crippen LogP contribution in [0.15, 0.2) is 36.4 Å². The van der Waals surface area contributed by atoms with Gasteiger partial charge in [-0.3, -0.25) is 14.6 Å². The molecule has 0 N–H and O–H groups in total. The van der Waals surface area contributed by atoms with E-state index in [1.54, 1.807) is 24.1 Å². The number of aromatic nitrogens is 1. The van der Waals surface area contributed by atoms with Crippen molar-refractivity contribution in [3.8, 4) is 11.5 Å². The van der Waals surface area contributed by atoms with Gasteiger partial charge in [-0.05, 0) is 30.7 Å². The molecule has 0 spiro atoms. The molecule has 0 radical (unpaired) electrons. The van der Waals surface area contributed by atoms with Crippen LogP contribution in [0.3, 0.4) is 0 Å². The van der Waals surface area contributed by atoms with Gasteiger partial charge in [-0.25, -0.2) is 4.98 Å². The summed E-state index contributed by atoms with van der Waals surface area (Å²) in [4.78, 5) is 22.0. The average Bonchev–Trinajstić information content (AvgIpc) is 3.26. The van der Waals surface area contributed by atoms with Crippen LogP contribution in [0, 0.1) is 6.92 Å². The average molecular weight is 512 g/mol. The number of hydrogen-bond donors (Lipinski definition) is 0. The van der Waals surface area contributed by atoms with Crippen molar-refractivity contribution >= 4 is 56.6 Å². The largest absolute Gasteiger partial charge is 0.494 e. The number of carbonyl (C=O) groups excluding carboxylic acids is 1. The molecule has 1 aliphatic heterocycles. The van der Waals surface area contributed by atoms with Gasteiger partial charge in [-0.15, -0.1) is 12.4 Å². The maximum atomic E-state index is 13.3. The van der Waals surface area contributed by atoms with Gasteiger partial charge in [0.1, 0.15) is 17.0 Å². The number of thiazole rings is 1. The normalized spacial score (nSPS) is 14.0. The number of anilines is 1. The van der Waals surface area contributed by atoms with Crippen molar-refractivity contribution in [2.45, 2.75) is 6.92 Å². The second kappa shape index (κ2) is 11.9. The minimum absolute atomic E-state index is 0. The third-order valence-corrected chi connectivity index (χ3v) is 6.93. The molecule has 0 saturated carbocycles. The number of morpholine rings is 1. The van der Waals surface area contributed by atoms with E-state index in [1.807, 2.05) is 31.2 Å². The highest BCUT2D eigenvalue weighted by Gasteiger charge is 2.24. The van der Waals surface area contributed by atoms with Gasteiger partial charge in [0, 0.05) is 26.2 Å². The summed E-state index contributed by atoms with van der Waals surface area (Å²) in [5.41, 5.74) is 1.64. The van der Waals surface area contributed by atoms with E-state index in [9.17, 15) is 4.79 Å². The van der Waals surface area contributed by atoms with Crippen molar-refractivity contribution in [1.29, 1.82) is 0 Å². The molecule has 3 aromatic rings. The molecule has 10 heteroatoms. The fourth-order valence-corrected chi connectivity index (χ4v) is 4.85. The fourth-order valence-electron chi connectivity index (χ4n) is 3.55. The quantitative estimate of drug-likeness (QED) is 0.445. The Labute approximate surface area is 208 Å². The number of amides is 1. The number of ether oxygens (including phenoxy) is 3. The molecule has 2 heterocycles. The summed E-state index contributed by atoms with van der Waals surface area (Å²) in [5, 5.41) is 1.17. The Kier molecular flexibility index (Phi) is 9.17. The first kappa shape index (κ1) is 25.5. The van der Waals surface area contributed by atoms with Crippen LogP contribution in [0.4, 0.5) is 5.13 Å². The van der Waals surface area contributed by atoms with E-state index in [2.05, 4.69) is 4.90 Å².